The highest BCUT2D eigenvalue weighted by Crippen LogP contribution is 2.56. The summed E-state index contributed by atoms with van der Waals surface area (Å²) < 4.78 is 0. The van der Waals surface area contributed by atoms with E-state index < -0.39 is 0 Å². The SMILES string of the molecule is c1cnc2ccc(CN(Cc3nccs3)[C@H]3CC34CCNCC4)cc2c1. The second kappa shape index (κ2) is 6.72. The largest absolute Gasteiger partial charge is 0.317 e. The Hall–Kier alpha value is -1.82. The molecule has 3 heterocycles. The molecule has 2 aromatic heterocycles. The maximum atomic E-state index is 4.55. The van der Waals surface area contributed by atoms with E-state index in [4.69, 9.17) is 0 Å². The van der Waals surface area contributed by atoms with Crippen LogP contribution in [0.15, 0.2) is 48.1 Å². The van der Waals surface area contributed by atoms with E-state index >= 15 is 0 Å². The first-order valence-corrected chi connectivity index (χ1v) is 10.4. The van der Waals surface area contributed by atoms with Gasteiger partial charge in [0.05, 0.1) is 12.1 Å². The van der Waals surface area contributed by atoms with Gasteiger partial charge in [0, 0.05) is 35.7 Å². The zero-order chi connectivity index (χ0) is 17.4. The van der Waals surface area contributed by atoms with Crippen molar-refractivity contribution < 1.29 is 0 Å². The molecular weight excluding hydrogens is 340 g/mol. The summed E-state index contributed by atoms with van der Waals surface area (Å²) in [6, 6.07) is 11.6. The van der Waals surface area contributed by atoms with Crippen LogP contribution >= 0.6 is 11.3 Å². The van der Waals surface area contributed by atoms with Gasteiger partial charge in [0.25, 0.3) is 0 Å². The summed E-state index contributed by atoms with van der Waals surface area (Å²) in [6.07, 6.45) is 7.76. The second-order valence-electron chi connectivity index (χ2n) is 7.69. The molecule has 0 unspecified atom stereocenters. The van der Waals surface area contributed by atoms with E-state index in [-0.39, 0.29) is 0 Å². The fraction of sp³-hybridized carbons (Fsp3) is 0.429. The van der Waals surface area contributed by atoms with Gasteiger partial charge >= 0.3 is 0 Å². The Kier molecular flexibility index (Phi) is 4.23. The van der Waals surface area contributed by atoms with Crippen LogP contribution in [0.1, 0.15) is 29.8 Å². The molecule has 1 spiro atoms. The van der Waals surface area contributed by atoms with Crippen LogP contribution in [-0.2, 0) is 13.1 Å². The van der Waals surface area contributed by atoms with Crippen LogP contribution < -0.4 is 5.32 Å². The van der Waals surface area contributed by atoms with Crippen LogP contribution in [0.3, 0.4) is 0 Å². The van der Waals surface area contributed by atoms with Gasteiger partial charge in [-0.2, -0.15) is 0 Å². The number of nitrogens with zero attached hydrogens (tertiary/aromatic N) is 3. The highest BCUT2D eigenvalue weighted by molar-refractivity contribution is 7.09. The maximum absolute atomic E-state index is 4.55. The summed E-state index contributed by atoms with van der Waals surface area (Å²) in [7, 11) is 0. The Morgan fingerprint density at radius 2 is 2.04 bits per heavy atom. The third-order valence-corrected chi connectivity index (χ3v) is 6.83. The van der Waals surface area contributed by atoms with Crippen LogP contribution in [0.4, 0.5) is 0 Å². The van der Waals surface area contributed by atoms with E-state index in [1.807, 2.05) is 18.5 Å². The molecule has 134 valence electrons. The molecule has 1 N–H and O–H groups in total. The van der Waals surface area contributed by atoms with Gasteiger partial charge in [-0.15, -0.1) is 11.3 Å². The Morgan fingerprint density at radius 1 is 1.12 bits per heavy atom. The van der Waals surface area contributed by atoms with Crippen molar-refractivity contribution in [2.45, 2.75) is 38.4 Å². The summed E-state index contributed by atoms with van der Waals surface area (Å²) in [5.74, 6) is 0. The molecule has 5 heteroatoms. The standard InChI is InChI=1S/C21H24N4S/c1-2-17-12-16(3-4-18(17)23-7-1)14-25(15-20-24-10-11-26-20)19-13-21(19)5-8-22-9-6-21/h1-4,7,10-12,19,22H,5-6,8-9,13-15H2/t19-/m0/s1. The van der Waals surface area contributed by atoms with E-state index in [2.05, 4.69) is 49.8 Å². The van der Waals surface area contributed by atoms with Gasteiger partial charge < -0.3 is 5.32 Å². The third-order valence-electron chi connectivity index (χ3n) is 6.06. The number of nitrogens with one attached hydrogen (secondary N) is 1. The molecule has 1 atom stereocenters. The number of pyridine rings is 1. The first-order valence-electron chi connectivity index (χ1n) is 9.49. The van der Waals surface area contributed by atoms with Crippen LogP contribution in [0.2, 0.25) is 0 Å². The van der Waals surface area contributed by atoms with Gasteiger partial charge in [0.2, 0.25) is 0 Å². The van der Waals surface area contributed by atoms with E-state index in [9.17, 15) is 0 Å². The molecule has 2 fully saturated rings. The number of thiazole rings is 1. The Bertz CT molecular complexity index is 886. The molecule has 2 aliphatic rings. The molecule has 26 heavy (non-hydrogen) atoms. The molecule has 4 nitrogen and oxygen atoms in total. The lowest BCUT2D eigenvalue weighted by Gasteiger charge is -2.29. The highest BCUT2D eigenvalue weighted by Gasteiger charge is 2.56. The van der Waals surface area contributed by atoms with Crippen molar-refractivity contribution in [2.24, 2.45) is 5.41 Å². The number of hydrogen-bond donors (Lipinski definition) is 1. The summed E-state index contributed by atoms with van der Waals surface area (Å²) >= 11 is 1.77. The quantitative estimate of drug-likeness (QED) is 0.747. The number of piperidine rings is 1. The van der Waals surface area contributed by atoms with Crippen molar-refractivity contribution in [3.05, 3.63) is 58.7 Å². The predicted octanol–water partition coefficient (Wildman–Crippen LogP) is 3.84. The lowest BCUT2D eigenvalue weighted by atomic mass is 9.93. The number of benzene rings is 1. The number of hydrogen-bond acceptors (Lipinski definition) is 5. The van der Waals surface area contributed by atoms with Gasteiger partial charge in [0.15, 0.2) is 0 Å². The molecule has 5 rings (SSSR count). The van der Waals surface area contributed by atoms with Crippen molar-refractivity contribution >= 4 is 22.2 Å². The number of fused-ring (bicyclic) bond motifs is 1. The normalized spacial score (nSPS) is 21.5. The van der Waals surface area contributed by atoms with Crippen molar-refractivity contribution in [3.63, 3.8) is 0 Å². The van der Waals surface area contributed by atoms with Crippen LogP contribution in [0, 0.1) is 5.41 Å². The Labute approximate surface area is 158 Å². The summed E-state index contributed by atoms with van der Waals surface area (Å²) in [4.78, 5) is 11.7. The van der Waals surface area contributed by atoms with Crippen LogP contribution in [0.25, 0.3) is 10.9 Å². The predicted molar refractivity (Wildman–Crippen MR) is 106 cm³/mol. The topological polar surface area (TPSA) is 41.1 Å². The second-order valence-corrected chi connectivity index (χ2v) is 8.67. The minimum Gasteiger partial charge on any atom is -0.317 e. The average molecular weight is 365 g/mol. The first kappa shape index (κ1) is 16.4. The molecule has 3 aromatic rings. The molecule has 0 amide bonds. The van der Waals surface area contributed by atoms with Crippen molar-refractivity contribution in [1.82, 2.24) is 20.2 Å². The molecule has 1 saturated heterocycles. The fourth-order valence-corrected chi connectivity index (χ4v) is 5.18. The lowest BCUT2D eigenvalue weighted by molar-refractivity contribution is 0.188. The van der Waals surface area contributed by atoms with E-state index in [1.165, 1.54) is 48.3 Å². The van der Waals surface area contributed by atoms with Crippen molar-refractivity contribution in [1.29, 1.82) is 0 Å². The maximum Gasteiger partial charge on any atom is 0.107 e. The minimum atomic E-state index is 0.543. The van der Waals surface area contributed by atoms with Gasteiger partial charge in [-0.1, -0.05) is 12.1 Å². The monoisotopic (exact) mass is 364 g/mol. The average Bonchev–Trinajstić information content (AvgIpc) is 3.11. The molecule has 0 radical (unpaired) electrons. The zero-order valence-electron chi connectivity index (χ0n) is 14.9. The van der Waals surface area contributed by atoms with E-state index in [0.29, 0.717) is 11.5 Å². The summed E-state index contributed by atoms with van der Waals surface area (Å²) in [5, 5.41) is 8.06. The van der Waals surface area contributed by atoms with Gasteiger partial charge in [-0.3, -0.25) is 9.88 Å². The summed E-state index contributed by atoms with van der Waals surface area (Å²) in [5.41, 5.74) is 2.99. The lowest BCUT2D eigenvalue weighted by Crippen LogP contribution is -2.35. The zero-order valence-corrected chi connectivity index (χ0v) is 15.7. The van der Waals surface area contributed by atoms with Crippen LogP contribution in [0.5, 0.6) is 0 Å². The van der Waals surface area contributed by atoms with Crippen molar-refractivity contribution in [2.75, 3.05) is 13.1 Å². The van der Waals surface area contributed by atoms with Gasteiger partial charge in [-0.25, -0.2) is 4.98 Å². The van der Waals surface area contributed by atoms with Gasteiger partial charge in [-0.05, 0) is 61.5 Å². The number of aromatic nitrogens is 2. The smallest absolute Gasteiger partial charge is 0.107 e. The molecule has 1 aliphatic carbocycles. The van der Waals surface area contributed by atoms with E-state index in [0.717, 1.165) is 18.6 Å². The van der Waals surface area contributed by atoms with Crippen LogP contribution in [-0.4, -0.2) is 34.0 Å². The van der Waals surface area contributed by atoms with E-state index in [1.54, 1.807) is 11.3 Å². The molecular formula is C21H24N4S. The summed E-state index contributed by atoms with van der Waals surface area (Å²) in [6.45, 7) is 4.29. The molecule has 1 aromatic carbocycles. The Balaban J connectivity index is 1.40. The van der Waals surface area contributed by atoms with Crippen molar-refractivity contribution in [3.8, 4) is 0 Å². The third kappa shape index (κ3) is 3.15. The molecule has 1 aliphatic heterocycles. The first-order chi connectivity index (χ1) is 12.8. The number of rotatable bonds is 5. The fourth-order valence-electron chi connectivity index (χ4n) is 4.54. The minimum absolute atomic E-state index is 0.543. The molecule has 1 saturated carbocycles. The highest BCUT2D eigenvalue weighted by atomic mass is 32.1. The van der Waals surface area contributed by atoms with Gasteiger partial charge in [0.1, 0.15) is 5.01 Å². The molecule has 0 bridgehead atoms. The Morgan fingerprint density at radius 3 is 2.88 bits per heavy atom.